The van der Waals surface area contributed by atoms with Crippen molar-refractivity contribution in [3.05, 3.63) is 64.7 Å². The van der Waals surface area contributed by atoms with Crippen LogP contribution in [0.5, 0.6) is 5.75 Å². The van der Waals surface area contributed by atoms with Gasteiger partial charge in [-0.3, -0.25) is 19.7 Å². The molecule has 0 fully saturated rings. The molecule has 0 radical (unpaired) electrons. The van der Waals surface area contributed by atoms with Crippen LogP contribution in [0.3, 0.4) is 0 Å². The number of carboxylic acid groups (broad SMARTS) is 2. The highest BCUT2D eigenvalue weighted by molar-refractivity contribution is 6.10. The summed E-state index contributed by atoms with van der Waals surface area (Å²) in [4.78, 5) is 31.7. The van der Waals surface area contributed by atoms with Crippen molar-refractivity contribution >= 4 is 17.7 Å². The van der Waals surface area contributed by atoms with E-state index in [0.29, 0.717) is 11.1 Å². The molecule has 0 saturated heterocycles. The van der Waals surface area contributed by atoms with Gasteiger partial charge >= 0.3 is 11.9 Å². The lowest BCUT2D eigenvalue weighted by atomic mass is 9.97. The van der Waals surface area contributed by atoms with Gasteiger partial charge in [0.05, 0.1) is 13.1 Å². The van der Waals surface area contributed by atoms with Crippen LogP contribution in [0.15, 0.2) is 42.5 Å². The fourth-order valence-corrected chi connectivity index (χ4v) is 2.07. The number of hydrogen-bond donors (Lipinski definition) is 4. The first-order chi connectivity index (χ1) is 12.2. The molecular formula is C19H21NO6. The van der Waals surface area contributed by atoms with Crippen molar-refractivity contribution in [3.63, 3.8) is 0 Å². The molecule has 2 aromatic carbocycles. The highest BCUT2D eigenvalue weighted by Crippen LogP contribution is 2.23. The second-order valence-corrected chi connectivity index (χ2v) is 5.54. The van der Waals surface area contributed by atoms with Crippen molar-refractivity contribution in [2.75, 3.05) is 13.1 Å². The van der Waals surface area contributed by atoms with Crippen LogP contribution in [-0.4, -0.2) is 46.1 Å². The number of aryl methyl sites for hydroxylation is 2. The van der Waals surface area contributed by atoms with Crippen LogP contribution in [0, 0.1) is 13.8 Å². The van der Waals surface area contributed by atoms with Gasteiger partial charge in [-0.15, -0.1) is 0 Å². The normalized spacial score (nSPS) is 9.77. The molecule has 26 heavy (non-hydrogen) atoms. The molecule has 2 aromatic rings. The minimum absolute atomic E-state index is 0.00815. The van der Waals surface area contributed by atoms with Crippen LogP contribution in [0.1, 0.15) is 27.0 Å². The zero-order chi connectivity index (χ0) is 19.7. The summed E-state index contributed by atoms with van der Waals surface area (Å²) >= 11 is 0. The van der Waals surface area contributed by atoms with E-state index < -0.39 is 11.9 Å². The van der Waals surface area contributed by atoms with E-state index >= 15 is 0 Å². The van der Waals surface area contributed by atoms with Gasteiger partial charge in [-0.2, -0.15) is 0 Å². The SMILES string of the molecule is Cc1cc(C(=O)c2ccccc2)c(C)cc1O.O=C(O)CNCC(=O)O. The number of ketones is 1. The average molecular weight is 359 g/mol. The van der Waals surface area contributed by atoms with Crippen molar-refractivity contribution in [1.82, 2.24) is 5.32 Å². The first-order valence-electron chi connectivity index (χ1n) is 7.76. The molecule has 138 valence electrons. The first-order valence-corrected chi connectivity index (χ1v) is 7.76. The van der Waals surface area contributed by atoms with Crippen LogP contribution < -0.4 is 5.32 Å². The molecule has 7 nitrogen and oxygen atoms in total. The van der Waals surface area contributed by atoms with Gasteiger partial charge < -0.3 is 15.3 Å². The third kappa shape index (κ3) is 6.74. The molecule has 0 saturated carbocycles. The van der Waals surface area contributed by atoms with Crippen molar-refractivity contribution in [3.8, 4) is 5.75 Å². The lowest BCUT2D eigenvalue weighted by Crippen LogP contribution is -2.27. The maximum absolute atomic E-state index is 12.2. The molecule has 7 heteroatoms. The number of phenols is 1. The summed E-state index contributed by atoms with van der Waals surface area (Å²) in [7, 11) is 0. The Morgan fingerprint density at radius 2 is 1.42 bits per heavy atom. The summed E-state index contributed by atoms with van der Waals surface area (Å²) in [5, 5.41) is 27.7. The number of carboxylic acids is 2. The Kier molecular flexibility index (Phi) is 7.98. The van der Waals surface area contributed by atoms with Gasteiger partial charge in [-0.25, -0.2) is 0 Å². The smallest absolute Gasteiger partial charge is 0.317 e. The van der Waals surface area contributed by atoms with Crippen LogP contribution >= 0.6 is 0 Å². The van der Waals surface area contributed by atoms with Gasteiger partial charge in [-0.05, 0) is 37.1 Å². The molecule has 4 N–H and O–H groups in total. The zero-order valence-electron chi connectivity index (χ0n) is 14.5. The number of nitrogens with one attached hydrogen (secondary N) is 1. The molecule has 0 aliphatic rings. The molecule has 2 rings (SSSR count). The van der Waals surface area contributed by atoms with Gasteiger partial charge in [0.25, 0.3) is 0 Å². The number of hydrogen-bond acceptors (Lipinski definition) is 5. The molecule has 0 atom stereocenters. The number of phenolic OH excluding ortho intramolecular Hbond substituents is 1. The third-order valence-corrected chi connectivity index (χ3v) is 3.38. The van der Waals surface area contributed by atoms with Crippen molar-refractivity contribution in [2.24, 2.45) is 0 Å². The molecule has 0 aliphatic carbocycles. The third-order valence-electron chi connectivity index (χ3n) is 3.38. The fourth-order valence-electron chi connectivity index (χ4n) is 2.07. The van der Waals surface area contributed by atoms with Crippen LogP contribution in [0.25, 0.3) is 0 Å². The molecular weight excluding hydrogens is 338 g/mol. The van der Waals surface area contributed by atoms with E-state index in [-0.39, 0.29) is 24.6 Å². The Morgan fingerprint density at radius 1 is 0.885 bits per heavy atom. The Morgan fingerprint density at radius 3 is 1.92 bits per heavy atom. The number of aliphatic carboxylic acids is 2. The van der Waals surface area contributed by atoms with Crippen LogP contribution in [0.4, 0.5) is 0 Å². The fraction of sp³-hybridized carbons (Fsp3) is 0.211. The van der Waals surface area contributed by atoms with Gasteiger partial charge in [0, 0.05) is 11.1 Å². The predicted octanol–water partition coefficient (Wildman–Crippen LogP) is 1.99. The Labute approximate surface area is 150 Å². The second-order valence-electron chi connectivity index (χ2n) is 5.54. The highest BCUT2D eigenvalue weighted by Gasteiger charge is 2.13. The Balaban J connectivity index is 0.000000321. The Bertz CT molecular complexity index is 772. The summed E-state index contributed by atoms with van der Waals surface area (Å²) < 4.78 is 0. The summed E-state index contributed by atoms with van der Waals surface area (Å²) in [6, 6.07) is 12.5. The molecule has 0 aliphatic heterocycles. The Hall–Kier alpha value is -3.19. The number of aromatic hydroxyl groups is 1. The number of carbonyl (C=O) groups is 3. The maximum Gasteiger partial charge on any atom is 0.317 e. The quantitative estimate of drug-likeness (QED) is 0.581. The summed E-state index contributed by atoms with van der Waals surface area (Å²) in [5.41, 5.74) is 2.82. The summed E-state index contributed by atoms with van der Waals surface area (Å²) in [5.74, 6) is -1.90. The standard InChI is InChI=1S/C15H14O2.C4H7NO4/c1-10-9-14(16)11(2)8-13(10)15(17)12-6-4-3-5-7-12;6-3(7)1-5-2-4(8)9/h3-9,16H,1-2H3;5H,1-2H2,(H,6,7)(H,8,9). The molecule has 0 aromatic heterocycles. The number of rotatable bonds is 6. The van der Waals surface area contributed by atoms with Gasteiger partial charge in [0.15, 0.2) is 5.78 Å². The van der Waals surface area contributed by atoms with Gasteiger partial charge in [-0.1, -0.05) is 30.3 Å². The highest BCUT2D eigenvalue weighted by atomic mass is 16.4. The lowest BCUT2D eigenvalue weighted by molar-refractivity contribution is -0.137. The maximum atomic E-state index is 12.2. The van der Waals surface area contributed by atoms with Crippen molar-refractivity contribution < 1.29 is 29.7 Å². The average Bonchev–Trinajstić information content (AvgIpc) is 2.58. The van der Waals surface area contributed by atoms with E-state index in [2.05, 4.69) is 5.32 Å². The first kappa shape index (κ1) is 20.9. The van der Waals surface area contributed by atoms with Crippen molar-refractivity contribution in [1.29, 1.82) is 0 Å². The summed E-state index contributed by atoms with van der Waals surface area (Å²) in [6.07, 6.45) is 0. The minimum atomic E-state index is -1.06. The lowest BCUT2D eigenvalue weighted by Gasteiger charge is -2.08. The molecule has 0 spiro atoms. The van der Waals surface area contributed by atoms with E-state index in [1.165, 1.54) is 0 Å². The monoisotopic (exact) mass is 359 g/mol. The van der Waals surface area contributed by atoms with Gasteiger partial charge in [0.1, 0.15) is 5.75 Å². The van der Waals surface area contributed by atoms with Crippen LogP contribution in [-0.2, 0) is 9.59 Å². The molecule has 0 bridgehead atoms. The summed E-state index contributed by atoms with van der Waals surface area (Å²) in [6.45, 7) is 2.99. The van der Waals surface area contributed by atoms with E-state index in [4.69, 9.17) is 10.2 Å². The second kappa shape index (κ2) is 9.95. The topological polar surface area (TPSA) is 124 Å². The van der Waals surface area contributed by atoms with Crippen LogP contribution in [0.2, 0.25) is 0 Å². The molecule has 0 heterocycles. The van der Waals surface area contributed by atoms with Crippen molar-refractivity contribution in [2.45, 2.75) is 13.8 Å². The number of benzene rings is 2. The van der Waals surface area contributed by atoms with E-state index in [1.807, 2.05) is 25.1 Å². The predicted molar refractivity (Wildman–Crippen MR) is 95.6 cm³/mol. The minimum Gasteiger partial charge on any atom is -0.508 e. The van der Waals surface area contributed by atoms with E-state index in [1.54, 1.807) is 31.2 Å². The van der Waals surface area contributed by atoms with E-state index in [9.17, 15) is 19.5 Å². The zero-order valence-corrected chi connectivity index (χ0v) is 14.5. The van der Waals surface area contributed by atoms with Gasteiger partial charge in [0.2, 0.25) is 0 Å². The molecule has 0 unspecified atom stereocenters. The molecule has 0 amide bonds. The van der Waals surface area contributed by atoms with E-state index in [0.717, 1.165) is 11.1 Å². The largest absolute Gasteiger partial charge is 0.508 e. The number of carbonyl (C=O) groups excluding carboxylic acids is 1.